The van der Waals surface area contributed by atoms with Gasteiger partial charge < -0.3 is 4.74 Å². The van der Waals surface area contributed by atoms with Crippen LogP contribution in [-0.2, 0) is 11.2 Å². The van der Waals surface area contributed by atoms with Gasteiger partial charge in [0, 0.05) is 0 Å². The standard InChI is InChI=1S/C15H17ClN2O2/c1-3-7-13-11(15(19)20-4-2)10-17-18(13)14-9-6-5-8-12(14)16/h5-6,8-10H,3-4,7H2,1-2H3. The maximum Gasteiger partial charge on any atom is 0.341 e. The number of nitrogens with zero attached hydrogens (tertiary/aromatic N) is 2. The smallest absolute Gasteiger partial charge is 0.341 e. The van der Waals surface area contributed by atoms with Crippen molar-refractivity contribution in [3.63, 3.8) is 0 Å². The highest BCUT2D eigenvalue weighted by molar-refractivity contribution is 6.32. The van der Waals surface area contributed by atoms with Gasteiger partial charge in [-0.15, -0.1) is 0 Å². The SMILES string of the molecule is CCCc1c(C(=O)OCC)cnn1-c1ccccc1Cl. The topological polar surface area (TPSA) is 44.1 Å². The molecule has 0 fully saturated rings. The minimum Gasteiger partial charge on any atom is -0.462 e. The van der Waals surface area contributed by atoms with Crippen LogP contribution in [-0.4, -0.2) is 22.4 Å². The normalized spacial score (nSPS) is 10.6. The van der Waals surface area contributed by atoms with E-state index in [0.29, 0.717) is 17.2 Å². The summed E-state index contributed by atoms with van der Waals surface area (Å²) in [6.07, 6.45) is 3.19. The third-order valence-electron chi connectivity index (χ3n) is 2.93. The van der Waals surface area contributed by atoms with Crippen LogP contribution in [0.5, 0.6) is 0 Å². The molecule has 0 aliphatic heterocycles. The van der Waals surface area contributed by atoms with Crippen molar-refractivity contribution in [2.75, 3.05) is 6.61 Å². The van der Waals surface area contributed by atoms with Gasteiger partial charge in [-0.1, -0.05) is 37.1 Å². The first kappa shape index (κ1) is 14.6. The van der Waals surface area contributed by atoms with Gasteiger partial charge in [0.15, 0.2) is 0 Å². The number of halogens is 1. The van der Waals surface area contributed by atoms with Crippen molar-refractivity contribution in [1.29, 1.82) is 0 Å². The first-order valence-corrected chi connectivity index (χ1v) is 7.05. The quantitative estimate of drug-likeness (QED) is 0.790. The van der Waals surface area contributed by atoms with E-state index in [4.69, 9.17) is 16.3 Å². The Hall–Kier alpha value is -1.81. The van der Waals surface area contributed by atoms with Gasteiger partial charge in [-0.25, -0.2) is 9.48 Å². The molecule has 1 aromatic heterocycles. The first-order chi connectivity index (χ1) is 9.69. The number of carbonyl (C=O) groups is 1. The molecule has 0 aliphatic rings. The van der Waals surface area contributed by atoms with E-state index < -0.39 is 0 Å². The van der Waals surface area contributed by atoms with Crippen LogP contribution in [0.25, 0.3) is 5.69 Å². The monoisotopic (exact) mass is 292 g/mol. The molecule has 2 aromatic rings. The molecule has 0 atom stereocenters. The second-order valence-corrected chi connectivity index (χ2v) is 4.75. The van der Waals surface area contributed by atoms with Crippen LogP contribution in [0.3, 0.4) is 0 Å². The van der Waals surface area contributed by atoms with Crippen LogP contribution >= 0.6 is 11.6 Å². The first-order valence-electron chi connectivity index (χ1n) is 6.68. The fourth-order valence-electron chi connectivity index (χ4n) is 2.06. The Labute approximate surface area is 123 Å². The van der Waals surface area contributed by atoms with Gasteiger partial charge in [0.2, 0.25) is 0 Å². The molecule has 106 valence electrons. The Bertz CT molecular complexity index is 608. The van der Waals surface area contributed by atoms with E-state index in [-0.39, 0.29) is 5.97 Å². The number of carbonyl (C=O) groups excluding carboxylic acids is 1. The summed E-state index contributed by atoms with van der Waals surface area (Å²) in [6, 6.07) is 7.44. The Kier molecular flexibility index (Phi) is 4.79. The van der Waals surface area contributed by atoms with Crippen molar-refractivity contribution in [2.24, 2.45) is 0 Å². The Balaban J connectivity index is 2.49. The summed E-state index contributed by atoms with van der Waals surface area (Å²) < 4.78 is 6.79. The summed E-state index contributed by atoms with van der Waals surface area (Å²) in [7, 11) is 0. The van der Waals surface area contributed by atoms with Crippen LogP contribution in [0.4, 0.5) is 0 Å². The van der Waals surface area contributed by atoms with Gasteiger partial charge in [0.25, 0.3) is 0 Å². The van der Waals surface area contributed by atoms with Gasteiger partial charge in [-0.3, -0.25) is 0 Å². The zero-order chi connectivity index (χ0) is 14.5. The molecule has 0 bridgehead atoms. The minimum absolute atomic E-state index is 0.339. The van der Waals surface area contributed by atoms with Crippen molar-refractivity contribution in [3.8, 4) is 5.69 Å². The third-order valence-corrected chi connectivity index (χ3v) is 3.25. The van der Waals surface area contributed by atoms with Crippen molar-refractivity contribution in [3.05, 3.63) is 46.7 Å². The lowest BCUT2D eigenvalue weighted by atomic mass is 10.1. The lowest BCUT2D eigenvalue weighted by Crippen LogP contribution is -2.10. The van der Waals surface area contributed by atoms with E-state index in [0.717, 1.165) is 24.2 Å². The summed E-state index contributed by atoms with van der Waals surface area (Å²) in [5.41, 5.74) is 2.11. The third kappa shape index (κ3) is 2.85. The summed E-state index contributed by atoms with van der Waals surface area (Å²) in [6.45, 7) is 4.19. The predicted octanol–water partition coefficient (Wildman–Crippen LogP) is 3.65. The van der Waals surface area contributed by atoms with E-state index in [1.54, 1.807) is 23.9 Å². The van der Waals surface area contributed by atoms with Crippen LogP contribution in [0.1, 0.15) is 36.3 Å². The number of aromatic nitrogens is 2. The number of rotatable bonds is 5. The van der Waals surface area contributed by atoms with Gasteiger partial charge in [-0.2, -0.15) is 5.10 Å². The van der Waals surface area contributed by atoms with Crippen molar-refractivity contribution < 1.29 is 9.53 Å². The van der Waals surface area contributed by atoms with E-state index in [2.05, 4.69) is 12.0 Å². The highest BCUT2D eigenvalue weighted by Gasteiger charge is 2.19. The molecule has 0 unspecified atom stereocenters. The second-order valence-electron chi connectivity index (χ2n) is 4.34. The molecule has 20 heavy (non-hydrogen) atoms. The summed E-state index contributed by atoms with van der Waals surface area (Å²) in [5, 5.41) is 4.90. The molecule has 0 saturated carbocycles. The Morgan fingerprint density at radius 1 is 1.35 bits per heavy atom. The Morgan fingerprint density at radius 2 is 2.10 bits per heavy atom. The average Bonchev–Trinajstić information content (AvgIpc) is 2.84. The zero-order valence-corrected chi connectivity index (χ0v) is 12.4. The van der Waals surface area contributed by atoms with E-state index >= 15 is 0 Å². The van der Waals surface area contributed by atoms with Crippen molar-refractivity contribution in [2.45, 2.75) is 26.7 Å². The highest BCUT2D eigenvalue weighted by atomic mass is 35.5. The molecule has 0 aliphatic carbocycles. The number of hydrogen-bond acceptors (Lipinski definition) is 3. The van der Waals surface area contributed by atoms with Crippen LogP contribution in [0.2, 0.25) is 5.02 Å². The number of ether oxygens (including phenoxy) is 1. The Morgan fingerprint density at radius 3 is 2.75 bits per heavy atom. The number of benzene rings is 1. The molecule has 5 heteroatoms. The maximum atomic E-state index is 12.0. The number of esters is 1. The highest BCUT2D eigenvalue weighted by Crippen LogP contribution is 2.23. The molecular weight excluding hydrogens is 276 g/mol. The van der Waals surface area contributed by atoms with Crippen LogP contribution in [0, 0.1) is 0 Å². The summed E-state index contributed by atoms with van der Waals surface area (Å²) in [5.74, 6) is -0.339. The molecule has 0 radical (unpaired) electrons. The molecule has 0 N–H and O–H groups in total. The van der Waals surface area contributed by atoms with Gasteiger partial charge in [-0.05, 0) is 25.5 Å². The maximum absolute atomic E-state index is 12.0. The van der Waals surface area contributed by atoms with Crippen molar-refractivity contribution >= 4 is 17.6 Å². The van der Waals surface area contributed by atoms with Crippen molar-refractivity contribution in [1.82, 2.24) is 9.78 Å². The largest absolute Gasteiger partial charge is 0.462 e. The molecular formula is C15H17ClN2O2. The zero-order valence-electron chi connectivity index (χ0n) is 11.6. The second kappa shape index (κ2) is 6.57. The molecule has 0 amide bonds. The predicted molar refractivity (Wildman–Crippen MR) is 78.5 cm³/mol. The van der Waals surface area contributed by atoms with E-state index in [1.165, 1.54) is 0 Å². The minimum atomic E-state index is -0.339. The lowest BCUT2D eigenvalue weighted by molar-refractivity contribution is 0.0525. The molecule has 0 spiro atoms. The van der Waals surface area contributed by atoms with Gasteiger partial charge in [0.1, 0.15) is 5.56 Å². The fourth-order valence-corrected chi connectivity index (χ4v) is 2.28. The summed E-state index contributed by atoms with van der Waals surface area (Å²) in [4.78, 5) is 12.0. The summed E-state index contributed by atoms with van der Waals surface area (Å²) >= 11 is 6.20. The molecule has 4 nitrogen and oxygen atoms in total. The average molecular weight is 293 g/mol. The lowest BCUT2D eigenvalue weighted by Gasteiger charge is -2.10. The number of para-hydroxylation sites is 1. The van der Waals surface area contributed by atoms with Crippen LogP contribution < -0.4 is 0 Å². The molecule has 1 heterocycles. The van der Waals surface area contributed by atoms with Crippen LogP contribution in [0.15, 0.2) is 30.5 Å². The van der Waals surface area contributed by atoms with E-state index in [9.17, 15) is 4.79 Å². The fraction of sp³-hybridized carbons (Fsp3) is 0.333. The van der Waals surface area contributed by atoms with Gasteiger partial charge in [0.05, 0.1) is 29.2 Å². The molecule has 0 saturated heterocycles. The van der Waals surface area contributed by atoms with Gasteiger partial charge >= 0.3 is 5.97 Å². The number of hydrogen-bond donors (Lipinski definition) is 0. The van der Waals surface area contributed by atoms with E-state index in [1.807, 2.05) is 18.2 Å². The molecule has 2 rings (SSSR count). The molecule has 1 aromatic carbocycles.